The molecule has 0 saturated carbocycles. The highest BCUT2D eigenvalue weighted by molar-refractivity contribution is 9.10. The van der Waals surface area contributed by atoms with Crippen LogP contribution < -0.4 is 4.74 Å². The van der Waals surface area contributed by atoms with E-state index in [1.807, 2.05) is 17.5 Å². The van der Waals surface area contributed by atoms with Gasteiger partial charge >= 0.3 is 0 Å². The number of benzene rings is 1. The van der Waals surface area contributed by atoms with Crippen molar-refractivity contribution in [2.75, 3.05) is 7.11 Å². The molecule has 0 bridgehead atoms. The predicted octanol–water partition coefficient (Wildman–Crippen LogP) is 4.71. The second-order valence-electron chi connectivity index (χ2n) is 3.64. The minimum atomic E-state index is 0.0579. The third-order valence-electron chi connectivity index (χ3n) is 2.48. The van der Waals surface area contributed by atoms with Crippen LogP contribution >= 0.6 is 43.2 Å². The standard InChI is InChI=1S/C13H10Br2O2S/c1-17-12-6-8(14)2-3-9(12)11(16)7-13-10(15)4-5-18-13/h2-6H,7H2,1H3. The molecule has 0 atom stereocenters. The van der Waals surface area contributed by atoms with Crippen molar-refractivity contribution >= 4 is 49.0 Å². The molecule has 0 saturated heterocycles. The van der Waals surface area contributed by atoms with Crippen LogP contribution in [0.15, 0.2) is 38.6 Å². The van der Waals surface area contributed by atoms with Gasteiger partial charge in [0.2, 0.25) is 0 Å². The molecule has 18 heavy (non-hydrogen) atoms. The van der Waals surface area contributed by atoms with E-state index < -0.39 is 0 Å². The average Bonchev–Trinajstić information content (AvgIpc) is 2.74. The zero-order valence-electron chi connectivity index (χ0n) is 9.57. The Morgan fingerprint density at radius 1 is 1.33 bits per heavy atom. The van der Waals surface area contributed by atoms with Gasteiger partial charge in [0.05, 0.1) is 12.7 Å². The minimum Gasteiger partial charge on any atom is -0.496 e. The topological polar surface area (TPSA) is 26.3 Å². The highest BCUT2D eigenvalue weighted by atomic mass is 79.9. The third kappa shape index (κ3) is 3.02. The fraction of sp³-hybridized carbons (Fsp3) is 0.154. The number of carbonyl (C=O) groups excluding carboxylic acids is 1. The summed E-state index contributed by atoms with van der Waals surface area (Å²) >= 11 is 8.37. The first kappa shape index (κ1) is 13.8. The van der Waals surface area contributed by atoms with Crippen molar-refractivity contribution in [3.8, 4) is 5.75 Å². The highest BCUT2D eigenvalue weighted by Crippen LogP contribution is 2.28. The molecule has 1 aromatic heterocycles. The second kappa shape index (κ2) is 5.99. The number of halogens is 2. The van der Waals surface area contributed by atoms with Gasteiger partial charge in [-0.05, 0) is 45.6 Å². The number of methoxy groups -OCH3 is 1. The van der Waals surface area contributed by atoms with Gasteiger partial charge in [-0.15, -0.1) is 11.3 Å². The van der Waals surface area contributed by atoms with Crippen molar-refractivity contribution in [1.82, 2.24) is 0 Å². The Balaban J connectivity index is 2.26. The van der Waals surface area contributed by atoms with Gasteiger partial charge in [0.25, 0.3) is 0 Å². The third-order valence-corrected chi connectivity index (χ3v) is 4.90. The lowest BCUT2D eigenvalue weighted by molar-refractivity contribution is 0.0990. The molecule has 0 fully saturated rings. The molecular formula is C13H10Br2O2S. The Labute approximate surface area is 126 Å². The maximum absolute atomic E-state index is 12.2. The number of thiophene rings is 1. The maximum atomic E-state index is 12.2. The normalized spacial score (nSPS) is 10.4. The van der Waals surface area contributed by atoms with Crippen molar-refractivity contribution < 1.29 is 9.53 Å². The fourth-order valence-corrected chi connectivity index (χ4v) is 3.42. The van der Waals surface area contributed by atoms with Crippen molar-refractivity contribution in [2.45, 2.75) is 6.42 Å². The monoisotopic (exact) mass is 388 g/mol. The van der Waals surface area contributed by atoms with Crippen LogP contribution in [-0.4, -0.2) is 12.9 Å². The van der Waals surface area contributed by atoms with E-state index in [-0.39, 0.29) is 5.78 Å². The minimum absolute atomic E-state index is 0.0579. The SMILES string of the molecule is COc1cc(Br)ccc1C(=O)Cc1sccc1Br. The molecule has 5 heteroatoms. The Morgan fingerprint density at radius 3 is 2.72 bits per heavy atom. The summed E-state index contributed by atoms with van der Waals surface area (Å²) in [6.45, 7) is 0. The molecule has 0 aliphatic heterocycles. The summed E-state index contributed by atoms with van der Waals surface area (Å²) in [5, 5.41) is 1.96. The van der Waals surface area contributed by atoms with E-state index in [9.17, 15) is 4.79 Å². The Morgan fingerprint density at radius 2 is 2.11 bits per heavy atom. The van der Waals surface area contributed by atoms with Crippen LogP contribution in [0.1, 0.15) is 15.2 Å². The molecule has 94 valence electrons. The van der Waals surface area contributed by atoms with Gasteiger partial charge in [0.15, 0.2) is 5.78 Å². The summed E-state index contributed by atoms with van der Waals surface area (Å²) < 4.78 is 7.12. The van der Waals surface area contributed by atoms with Crippen molar-refractivity contribution in [3.05, 3.63) is 49.0 Å². The van der Waals surface area contributed by atoms with Gasteiger partial charge in [-0.25, -0.2) is 0 Å². The van der Waals surface area contributed by atoms with Crippen LogP contribution in [0.3, 0.4) is 0 Å². The van der Waals surface area contributed by atoms with Crippen LogP contribution in [0.5, 0.6) is 5.75 Å². The van der Waals surface area contributed by atoms with Crippen molar-refractivity contribution in [1.29, 1.82) is 0 Å². The van der Waals surface area contributed by atoms with E-state index in [2.05, 4.69) is 31.9 Å². The van der Waals surface area contributed by atoms with Gasteiger partial charge in [0.1, 0.15) is 5.75 Å². The number of carbonyl (C=O) groups is 1. The lowest BCUT2D eigenvalue weighted by Crippen LogP contribution is -2.05. The zero-order valence-corrected chi connectivity index (χ0v) is 13.6. The molecule has 0 spiro atoms. The molecule has 2 aromatic rings. The van der Waals surface area contributed by atoms with Crippen LogP contribution in [0.4, 0.5) is 0 Å². The van der Waals surface area contributed by atoms with E-state index in [0.29, 0.717) is 17.7 Å². The Bertz CT molecular complexity index is 578. The van der Waals surface area contributed by atoms with E-state index in [0.717, 1.165) is 13.8 Å². The first-order valence-electron chi connectivity index (χ1n) is 5.20. The lowest BCUT2D eigenvalue weighted by Gasteiger charge is -2.07. The molecule has 1 aromatic carbocycles. The van der Waals surface area contributed by atoms with Gasteiger partial charge in [-0.1, -0.05) is 15.9 Å². The molecule has 0 aliphatic rings. The number of Topliss-reactive ketones (excluding diaryl/α,β-unsaturated/α-hetero) is 1. The molecule has 0 aliphatic carbocycles. The van der Waals surface area contributed by atoms with Crippen LogP contribution in [-0.2, 0) is 6.42 Å². The van der Waals surface area contributed by atoms with E-state index >= 15 is 0 Å². The van der Waals surface area contributed by atoms with E-state index in [4.69, 9.17) is 4.74 Å². The molecule has 1 heterocycles. The van der Waals surface area contributed by atoms with E-state index in [1.54, 1.807) is 30.6 Å². The molecule has 0 radical (unpaired) electrons. The number of hydrogen-bond acceptors (Lipinski definition) is 3. The van der Waals surface area contributed by atoms with Gasteiger partial charge < -0.3 is 4.74 Å². The highest BCUT2D eigenvalue weighted by Gasteiger charge is 2.15. The summed E-state index contributed by atoms with van der Waals surface area (Å²) in [6, 6.07) is 7.38. The van der Waals surface area contributed by atoms with Crippen molar-refractivity contribution in [2.24, 2.45) is 0 Å². The number of ether oxygens (including phenoxy) is 1. The molecule has 0 N–H and O–H groups in total. The first-order chi connectivity index (χ1) is 8.61. The predicted molar refractivity (Wildman–Crippen MR) is 80.7 cm³/mol. The number of hydrogen-bond donors (Lipinski definition) is 0. The maximum Gasteiger partial charge on any atom is 0.171 e. The second-order valence-corrected chi connectivity index (χ2v) is 6.41. The molecule has 2 nitrogen and oxygen atoms in total. The van der Waals surface area contributed by atoms with Gasteiger partial charge in [0, 0.05) is 20.2 Å². The fourth-order valence-electron chi connectivity index (χ4n) is 1.59. The summed E-state index contributed by atoms with van der Waals surface area (Å²) in [6.07, 6.45) is 0.385. The molecular weight excluding hydrogens is 380 g/mol. The first-order valence-corrected chi connectivity index (χ1v) is 7.67. The summed E-state index contributed by atoms with van der Waals surface area (Å²) in [5.41, 5.74) is 0.612. The van der Waals surface area contributed by atoms with E-state index in [1.165, 1.54) is 0 Å². The number of ketones is 1. The van der Waals surface area contributed by atoms with Crippen molar-refractivity contribution in [3.63, 3.8) is 0 Å². The smallest absolute Gasteiger partial charge is 0.171 e. The van der Waals surface area contributed by atoms with Crippen LogP contribution in [0, 0.1) is 0 Å². The average molecular weight is 390 g/mol. The quantitative estimate of drug-likeness (QED) is 0.708. The van der Waals surface area contributed by atoms with Crippen LogP contribution in [0.25, 0.3) is 0 Å². The van der Waals surface area contributed by atoms with Gasteiger partial charge in [-0.2, -0.15) is 0 Å². The molecule has 2 rings (SSSR count). The Kier molecular flexibility index (Phi) is 4.59. The summed E-state index contributed by atoms with van der Waals surface area (Å²) in [5.74, 6) is 0.657. The molecule has 0 amide bonds. The summed E-state index contributed by atoms with van der Waals surface area (Å²) in [4.78, 5) is 13.3. The zero-order chi connectivity index (χ0) is 13.1. The lowest BCUT2D eigenvalue weighted by atomic mass is 10.1. The Hall–Kier alpha value is -0.650. The van der Waals surface area contributed by atoms with Gasteiger partial charge in [-0.3, -0.25) is 4.79 Å². The van der Waals surface area contributed by atoms with Crippen LogP contribution in [0.2, 0.25) is 0 Å². The number of rotatable bonds is 4. The molecule has 0 unspecified atom stereocenters. The summed E-state index contributed by atoms with van der Waals surface area (Å²) in [7, 11) is 1.57. The largest absolute Gasteiger partial charge is 0.496 e.